The second-order valence-corrected chi connectivity index (χ2v) is 7.89. The van der Waals surface area contributed by atoms with Gasteiger partial charge in [0.1, 0.15) is 0 Å². The molecule has 0 aromatic rings. The summed E-state index contributed by atoms with van der Waals surface area (Å²) in [7, 11) is 0. The van der Waals surface area contributed by atoms with Gasteiger partial charge in [-0.1, -0.05) is 0 Å². The summed E-state index contributed by atoms with van der Waals surface area (Å²) in [5.41, 5.74) is 0.238. The van der Waals surface area contributed by atoms with Crippen molar-refractivity contribution in [3.05, 3.63) is 0 Å². The van der Waals surface area contributed by atoms with Crippen LogP contribution in [0.3, 0.4) is 0 Å². The Morgan fingerprint density at radius 2 is 1.00 bits per heavy atom. The number of rotatable bonds is 5. The quantitative estimate of drug-likeness (QED) is 0.466. The van der Waals surface area contributed by atoms with Gasteiger partial charge < -0.3 is 0 Å². The molecule has 0 aliphatic rings. The molecule has 0 bridgehead atoms. The van der Waals surface area contributed by atoms with Gasteiger partial charge in [0.05, 0.1) is 0 Å². The molecular formula is C12H22O2Te2. The fourth-order valence-electron chi connectivity index (χ4n) is 0.702. The van der Waals surface area contributed by atoms with E-state index in [1.54, 1.807) is 0 Å². The molecule has 94 valence electrons. The molecule has 0 aromatic carbocycles. The van der Waals surface area contributed by atoms with E-state index in [9.17, 15) is 0 Å². The predicted molar refractivity (Wildman–Crippen MR) is 72.3 cm³/mol. The van der Waals surface area contributed by atoms with Crippen molar-refractivity contribution in [3.63, 3.8) is 0 Å². The van der Waals surface area contributed by atoms with Gasteiger partial charge in [-0.3, -0.25) is 0 Å². The fourth-order valence-corrected chi connectivity index (χ4v) is 1.18. The van der Waals surface area contributed by atoms with Crippen molar-refractivity contribution < 1.29 is 9.47 Å². The Labute approximate surface area is 125 Å². The number of hydrogen-bond acceptors (Lipinski definition) is 2. The third-order valence-electron chi connectivity index (χ3n) is 1.77. The van der Waals surface area contributed by atoms with Crippen molar-refractivity contribution >= 4 is 51.1 Å². The van der Waals surface area contributed by atoms with Crippen molar-refractivity contribution in [3.8, 4) is 0 Å². The molecule has 16 heavy (non-hydrogen) atoms. The van der Waals surface area contributed by atoms with Gasteiger partial charge in [0.25, 0.3) is 0 Å². The van der Waals surface area contributed by atoms with Gasteiger partial charge in [-0.15, -0.1) is 0 Å². The Hall–Kier alpha value is 0.919. The molecule has 0 radical (unpaired) electrons. The van der Waals surface area contributed by atoms with Crippen molar-refractivity contribution in [2.24, 2.45) is 10.8 Å². The van der Waals surface area contributed by atoms with Gasteiger partial charge >= 0.3 is 126 Å². The van der Waals surface area contributed by atoms with Crippen molar-refractivity contribution in [2.45, 2.75) is 41.5 Å². The third-order valence-corrected chi connectivity index (χ3v) is 5.94. The van der Waals surface area contributed by atoms with Crippen LogP contribution in [-0.2, 0) is 9.47 Å². The molecule has 0 amide bonds. The maximum absolute atomic E-state index is 5.65. The van der Waals surface area contributed by atoms with Crippen molar-refractivity contribution in [1.29, 1.82) is 0 Å². The van der Waals surface area contributed by atoms with Crippen LogP contribution in [0.2, 0.25) is 0 Å². The molecule has 0 atom stereocenters. The SMILES string of the molecule is CC(C)(C)C(=[Te])OCCOC(=[Te])C(C)(C)C. The molecule has 2 nitrogen and oxygen atoms in total. The average molecular weight is 454 g/mol. The summed E-state index contributed by atoms with van der Waals surface area (Å²) >= 11 is 3.91. The van der Waals surface area contributed by atoms with Crippen LogP contribution in [0.5, 0.6) is 0 Å². The monoisotopic (exact) mass is 458 g/mol. The van der Waals surface area contributed by atoms with Crippen LogP contribution in [-0.4, -0.2) is 64.3 Å². The van der Waals surface area contributed by atoms with Crippen LogP contribution in [0.15, 0.2) is 0 Å². The molecule has 0 saturated heterocycles. The average Bonchev–Trinajstić information content (AvgIpc) is 2.08. The van der Waals surface area contributed by atoms with E-state index >= 15 is 0 Å². The van der Waals surface area contributed by atoms with E-state index in [0.29, 0.717) is 13.2 Å². The molecule has 0 aliphatic heterocycles. The first-order chi connectivity index (χ1) is 7.05. The summed E-state index contributed by atoms with van der Waals surface area (Å²) < 4.78 is 13.4. The molecule has 0 saturated carbocycles. The van der Waals surface area contributed by atoms with Gasteiger partial charge in [0.15, 0.2) is 0 Å². The van der Waals surface area contributed by atoms with Crippen LogP contribution >= 0.6 is 0 Å². The van der Waals surface area contributed by atoms with Gasteiger partial charge in [-0.25, -0.2) is 0 Å². The predicted octanol–water partition coefficient (Wildman–Crippen LogP) is 1.71. The normalized spacial score (nSPS) is 12.1. The Morgan fingerprint density at radius 3 is 1.19 bits per heavy atom. The second-order valence-electron chi connectivity index (χ2n) is 5.77. The Balaban J connectivity index is 3.79. The molecule has 0 aromatic heterocycles. The van der Waals surface area contributed by atoms with Gasteiger partial charge in [0, 0.05) is 0 Å². The van der Waals surface area contributed by atoms with E-state index in [4.69, 9.17) is 9.47 Å². The second kappa shape index (κ2) is 6.75. The minimum absolute atomic E-state index is 0.119. The molecule has 0 aliphatic carbocycles. The molecule has 4 heteroatoms. The van der Waals surface area contributed by atoms with Crippen LogP contribution in [0.1, 0.15) is 41.5 Å². The summed E-state index contributed by atoms with van der Waals surface area (Å²) in [6.45, 7) is 14.2. The molecular weight excluding hydrogens is 431 g/mol. The molecule has 0 N–H and O–H groups in total. The van der Waals surface area contributed by atoms with Crippen molar-refractivity contribution in [2.75, 3.05) is 13.2 Å². The van der Waals surface area contributed by atoms with E-state index in [2.05, 4.69) is 41.5 Å². The maximum atomic E-state index is 5.65. The third kappa shape index (κ3) is 7.29. The zero-order valence-corrected chi connectivity index (χ0v) is 15.7. The Bertz CT molecular complexity index is 231. The number of ether oxygens (including phenoxy) is 2. The topological polar surface area (TPSA) is 18.5 Å². The van der Waals surface area contributed by atoms with Crippen LogP contribution < -0.4 is 0 Å². The molecule has 0 unspecified atom stereocenters. The van der Waals surface area contributed by atoms with E-state index < -0.39 is 0 Å². The first kappa shape index (κ1) is 16.9. The Morgan fingerprint density at radius 1 is 0.750 bits per heavy atom. The zero-order valence-electron chi connectivity index (χ0n) is 11.0. The zero-order chi connectivity index (χ0) is 13.0. The summed E-state index contributed by atoms with van der Waals surface area (Å²) in [5, 5.41) is 0. The summed E-state index contributed by atoms with van der Waals surface area (Å²) in [6, 6.07) is 0. The molecule has 0 rings (SSSR count). The number of hydrogen-bond donors (Lipinski definition) is 0. The van der Waals surface area contributed by atoms with E-state index in [1.165, 1.54) is 0 Å². The van der Waals surface area contributed by atoms with Gasteiger partial charge in [-0.05, 0) is 0 Å². The van der Waals surface area contributed by atoms with Gasteiger partial charge in [0.2, 0.25) is 0 Å². The first-order valence-electron chi connectivity index (χ1n) is 5.39. The minimum atomic E-state index is 0.119. The summed E-state index contributed by atoms with van der Waals surface area (Å²) in [4.78, 5) is 0. The van der Waals surface area contributed by atoms with E-state index in [0.717, 1.165) is 7.47 Å². The van der Waals surface area contributed by atoms with Crippen LogP contribution in [0.4, 0.5) is 0 Å². The van der Waals surface area contributed by atoms with E-state index in [1.807, 2.05) is 43.6 Å². The van der Waals surface area contributed by atoms with Crippen LogP contribution in [0, 0.1) is 10.8 Å². The molecule has 0 fully saturated rings. The Kier molecular flexibility index (Phi) is 7.13. The fraction of sp³-hybridized carbons (Fsp3) is 0.833. The summed E-state index contributed by atoms with van der Waals surface area (Å²) in [6.07, 6.45) is 0. The van der Waals surface area contributed by atoms with Gasteiger partial charge in [-0.2, -0.15) is 0 Å². The van der Waals surface area contributed by atoms with Crippen molar-refractivity contribution in [1.82, 2.24) is 0 Å². The standard InChI is InChI=1S/C12H22O2Te2/c1-11(2,3)9(15)13-7-8-14-10(16)12(4,5)6/h7-8H2,1-6H3. The molecule has 0 heterocycles. The first-order valence-corrected chi connectivity index (χ1v) is 7.72. The van der Waals surface area contributed by atoms with E-state index in [-0.39, 0.29) is 10.8 Å². The van der Waals surface area contributed by atoms with Crippen LogP contribution in [0.25, 0.3) is 0 Å². The molecule has 0 spiro atoms. The summed E-state index contributed by atoms with van der Waals surface area (Å²) in [5.74, 6) is 0.